The van der Waals surface area contributed by atoms with Crippen molar-refractivity contribution in [2.24, 2.45) is 0 Å². The Hall–Kier alpha value is -1.71. The van der Waals surface area contributed by atoms with Gasteiger partial charge < -0.3 is 4.74 Å². The highest BCUT2D eigenvalue weighted by molar-refractivity contribution is 7.98. The van der Waals surface area contributed by atoms with Gasteiger partial charge in [0.25, 0.3) is 0 Å². The first kappa shape index (κ1) is 14.2. The molecule has 2 nitrogen and oxygen atoms in total. The summed E-state index contributed by atoms with van der Waals surface area (Å²) in [4.78, 5) is 5.72. The van der Waals surface area contributed by atoms with E-state index in [1.165, 1.54) is 4.90 Å². The molecule has 21 heavy (non-hydrogen) atoms. The number of hydrogen-bond acceptors (Lipinski definition) is 3. The van der Waals surface area contributed by atoms with Crippen molar-refractivity contribution in [3.63, 3.8) is 0 Å². The number of rotatable bonds is 4. The second-order valence-corrected chi connectivity index (χ2v) is 5.69. The Morgan fingerprint density at radius 2 is 1.86 bits per heavy atom. The zero-order chi connectivity index (χ0) is 14.7. The molecule has 0 saturated carbocycles. The molecular weight excluding hydrogens is 302 g/mol. The van der Waals surface area contributed by atoms with Crippen molar-refractivity contribution in [1.29, 1.82) is 0 Å². The van der Waals surface area contributed by atoms with Crippen LogP contribution in [0.25, 0.3) is 10.9 Å². The molecule has 1 aromatic heterocycles. The number of thioether (sulfide) groups is 1. The van der Waals surface area contributed by atoms with E-state index >= 15 is 0 Å². The van der Waals surface area contributed by atoms with E-state index in [0.29, 0.717) is 5.88 Å². The topological polar surface area (TPSA) is 22.1 Å². The van der Waals surface area contributed by atoms with Crippen molar-refractivity contribution in [2.75, 3.05) is 6.26 Å². The molecule has 0 aliphatic rings. The van der Waals surface area contributed by atoms with E-state index in [0.717, 1.165) is 28.1 Å². The Kier molecular flexibility index (Phi) is 4.32. The highest BCUT2D eigenvalue weighted by atomic mass is 35.5. The van der Waals surface area contributed by atoms with Gasteiger partial charge in [-0.3, -0.25) is 4.98 Å². The molecule has 2 aromatic carbocycles. The number of benzene rings is 2. The van der Waals surface area contributed by atoms with Crippen LogP contribution in [-0.4, -0.2) is 11.2 Å². The highest BCUT2D eigenvalue weighted by Crippen LogP contribution is 2.31. The van der Waals surface area contributed by atoms with E-state index in [1.54, 1.807) is 11.8 Å². The lowest BCUT2D eigenvalue weighted by molar-refractivity contribution is 0.487. The van der Waals surface area contributed by atoms with Crippen LogP contribution in [0.15, 0.2) is 59.5 Å². The molecular formula is C17H14ClNOS. The van der Waals surface area contributed by atoms with E-state index in [4.69, 9.17) is 16.3 Å². The summed E-state index contributed by atoms with van der Waals surface area (Å²) < 4.78 is 6.03. The average Bonchev–Trinajstić information content (AvgIpc) is 2.55. The summed E-state index contributed by atoms with van der Waals surface area (Å²) in [5.74, 6) is 1.96. The van der Waals surface area contributed by atoms with Gasteiger partial charge in [-0.15, -0.1) is 23.4 Å². The summed E-state index contributed by atoms with van der Waals surface area (Å²) in [6.07, 6.45) is 2.05. The Labute approximate surface area is 133 Å². The Morgan fingerprint density at radius 1 is 1.10 bits per heavy atom. The van der Waals surface area contributed by atoms with Crippen molar-refractivity contribution in [2.45, 2.75) is 10.8 Å². The molecule has 0 amide bonds. The Bertz CT molecular complexity index is 758. The summed E-state index contributed by atoms with van der Waals surface area (Å²) in [6.45, 7) is 0. The molecule has 0 unspecified atom stereocenters. The Morgan fingerprint density at radius 3 is 2.57 bits per heavy atom. The summed E-state index contributed by atoms with van der Waals surface area (Å²) in [7, 11) is 0. The monoisotopic (exact) mass is 315 g/mol. The minimum absolute atomic E-state index is 0.368. The highest BCUT2D eigenvalue weighted by Gasteiger charge is 2.07. The first-order chi connectivity index (χ1) is 10.3. The van der Waals surface area contributed by atoms with Crippen LogP contribution in [0.3, 0.4) is 0 Å². The van der Waals surface area contributed by atoms with E-state index in [-0.39, 0.29) is 0 Å². The van der Waals surface area contributed by atoms with Crippen molar-refractivity contribution in [3.8, 4) is 11.5 Å². The number of aromatic nitrogens is 1. The fraction of sp³-hybridized carbons (Fsp3) is 0.118. The number of para-hydroxylation sites is 1. The van der Waals surface area contributed by atoms with Crippen molar-refractivity contribution < 1.29 is 4.74 Å². The minimum atomic E-state index is 0.368. The zero-order valence-electron chi connectivity index (χ0n) is 11.5. The molecule has 3 aromatic rings. The molecule has 0 atom stereocenters. The molecule has 0 radical (unpaired) electrons. The summed E-state index contributed by atoms with van der Waals surface area (Å²) in [6, 6.07) is 17.9. The normalized spacial score (nSPS) is 10.8. The van der Waals surface area contributed by atoms with Gasteiger partial charge in [0, 0.05) is 16.3 Å². The van der Waals surface area contributed by atoms with Gasteiger partial charge in [-0.25, -0.2) is 0 Å². The van der Waals surface area contributed by atoms with Gasteiger partial charge >= 0.3 is 0 Å². The van der Waals surface area contributed by atoms with Gasteiger partial charge in [0.1, 0.15) is 11.5 Å². The molecule has 0 saturated heterocycles. The predicted octanol–water partition coefficient (Wildman–Crippen LogP) is 5.49. The predicted molar refractivity (Wildman–Crippen MR) is 89.6 cm³/mol. The van der Waals surface area contributed by atoms with Crippen LogP contribution in [0.5, 0.6) is 11.5 Å². The van der Waals surface area contributed by atoms with Crippen molar-refractivity contribution >= 4 is 34.3 Å². The van der Waals surface area contributed by atoms with Crippen LogP contribution < -0.4 is 4.74 Å². The van der Waals surface area contributed by atoms with E-state index in [1.807, 2.05) is 54.6 Å². The van der Waals surface area contributed by atoms with Crippen LogP contribution in [-0.2, 0) is 5.88 Å². The molecule has 0 N–H and O–H groups in total. The molecule has 0 fully saturated rings. The number of ether oxygens (including phenoxy) is 1. The maximum Gasteiger partial charge on any atom is 0.138 e. The van der Waals surface area contributed by atoms with Crippen LogP contribution >= 0.6 is 23.4 Å². The number of alkyl halides is 1. The van der Waals surface area contributed by atoms with Crippen molar-refractivity contribution in [3.05, 3.63) is 60.3 Å². The summed E-state index contributed by atoms with van der Waals surface area (Å²) in [5.41, 5.74) is 1.71. The number of fused-ring (bicyclic) bond motifs is 1. The Balaban J connectivity index is 2.01. The third-order valence-electron chi connectivity index (χ3n) is 3.16. The number of hydrogen-bond donors (Lipinski definition) is 0. The zero-order valence-corrected chi connectivity index (χ0v) is 13.1. The second-order valence-electron chi connectivity index (χ2n) is 4.54. The number of halogens is 1. The largest absolute Gasteiger partial charge is 0.457 e. The van der Waals surface area contributed by atoms with Crippen LogP contribution in [0.4, 0.5) is 0 Å². The van der Waals surface area contributed by atoms with Gasteiger partial charge in [0.05, 0.1) is 17.1 Å². The molecule has 0 spiro atoms. The first-order valence-electron chi connectivity index (χ1n) is 6.56. The molecule has 0 aliphatic heterocycles. The summed E-state index contributed by atoms with van der Waals surface area (Å²) >= 11 is 7.63. The van der Waals surface area contributed by atoms with Gasteiger partial charge in [-0.05, 0) is 42.7 Å². The van der Waals surface area contributed by atoms with Crippen LogP contribution in [0.1, 0.15) is 5.69 Å². The fourth-order valence-corrected chi connectivity index (χ4v) is 2.66. The van der Waals surface area contributed by atoms with E-state index < -0.39 is 0 Å². The fourth-order valence-electron chi connectivity index (χ4n) is 2.12. The first-order valence-corrected chi connectivity index (χ1v) is 8.32. The van der Waals surface area contributed by atoms with E-state index in [2.05, 4.69) is 11.2 Å². The maximum atomic E-state index is 6.03. The lowest BCUT2D eigenvalue weighted by Crippen LogP contribution is -1.92. The molecule has 106 valence electrons. The van der Waals surface area contributed by atoms with Crippen molar-refractivity contribution in [1.82, 2.24) is 4.98 Å². The lowest BCUT2D eigenvalue weighted by atomic mass is 10.2. The third kappa shape index (κ3) is 3.14. The smallest absolute Gasteiger partial charge is 0.138 e. The van der Waals surface area contributed by atoms with E-state index in [9.17, 15) is 0 Å². The SMILES string of the molecule is CSc1ccc(Oc2cc(CCl)nc3ccccc23)cc1. The molecule has 4 heteroatoms. The van der Waals surface area contributed by atoms with Gasteiger partial charge in [0.2, 0.25) is 0 Å². The standard InChI is InChI=1S/C17H14ClNOS/c1-21-14-8-6-13(7-9-14)20-17-10-12(11-18)19-16-5-3-2-4-15(16)17/h2-10H,11H2,1H3. The molecule has 1 heterocycles. The maximum absolute atomic E-state index is 6.03. The van der Waals surface area contributed by atoms with Gasteiger partial charge in [0.15, 0.2) is 0 Å². The minimum Gasteiger partial charge on any atom is -0.457 e. The second kappa shape index (κ2) is 6.37. The third-order valence-corrected chi connectivity index (χ3v) is 4.17. The quantitative estimate of drug-likeness (QED) is 0.469. The molecule has 0 bridgehead atoms. The van der Waals surface area contributed by atoms with Gasteiger partial charge in [-0.1, -0.05) is 12.1 Å². The molecule has 0 aliphatic carbocycles. The number of pyridine rings is 1. The number of nitrogens with zero attached hydrogens (tertiary/aromatic N) is 1. The van der Waals surface area contributed by atoms with Crippen LogP contribution in [0.2, 0.25) is 0 Å². The van der Waals surface area contributed by atoms with Gasteiger partial charge in [-0.2, -0.15) is 0 Å². The summed E-state index contributed by atoms with van der Waals surface area (Å²) in [5, 5.41) is 0.986. The molecule has 3 rings (SSSR count). The average molecular weight is 316 g/mol. The lowest BCUT2D eigenvalue weighted by Gasteiger charge is -2.10. The van der Waals surface area contributed by atoms with Crippen LogP contribution in [0, 0.1) is 0 Å².